The van der Waals surface area contributed by atoms with Crippen molar-refractivity contribution >= 4 is 46.4 Å². The van der Waals surface area contributed by atoms with Crippen molar-refractivity contribution < 1.29 is 13.9 Å². The second kappa shape index (κ2) is 9.64. The molecule has 1 aliphatic heterocycles. The highest BCUT2D eigenvalue weighted by Gasteiger charge is 2.52. The van der Waals surface area contributed by atoms with Crippen molar-refractivity contribution in [2.45, 2.75) is 38.9 Å². The summed E-state index contributed by atoms with van der Waals surface area (Å²) in [5.74, 6) is 0. The maximum Gasteiger partial charge on any atom is 0.495 e. The van der Waals surface area contributed by atoms with E-state index in [1.165, 1.54) is 0 Å². The van der Waals surface area contributed by atoms with Crippen LogP contribution in [0.4, 0.5) is 0 Å². The van der Waals surface area contributed by atoms with Crippen LogP contribution in [0.2, 0.25) is 0 Å². The molecule has 0 spiro atoms. The minimum Gasteiger partial charge on any atom is -0.399 e. The highest BCUT2D eigenvalue weighted by atomic mass is 31.2. The van der Waals surface area contributed by atoms with Crippen LogP contribution in [0, 0.1) is 0 Å². The maximum atomic E-state index is 15.0. The molecular weight excluding hydrogens is 498 g/mol. The Balaban J connectivity index is 1.49. The second-order valence-electron chi connectivity index (χ2n) is 11.2. The van der Waals surface area contributed by atoms with Gasteiger partial charge in [-0.3, -0.25) is 0 Å². The number of rotatable bonds is 5. The third kappa shape index (κ3) is 4.37. The summed E-state index contributed by atoms with van der Waals surface area (Å²) in [4.78, 5) is 0. The van der Waals surface area contributed by atoms with Crippen molar-refractivity contribution in [3.8, 4) is 11.1 Å². The molecular formula is C34H32BO3P. The summed E-state index contributed by atoms with van der Waals surface area (Å²) < 4.78 is 27.8. The van der Waals surface area contributed by atoms with Gasteiger partial charge in [-0.05, 0) is 61.1 Å². The fraction of sp³-hybridized carbons (Fsp3) is 0.176. The molecule has 194 valence electrons. The Labute approximate surface area is 231 Å². The first-order valence-electron chi connectivity index (χ1n) is 13.4. The van der Waals surface area contributed by atoms with Crippen LogP contribution in [0.15, 0.2) is 121 Å². The Hall–Kier alpha value is -3.43. The van der Waals surface area contributed by atoms with Crippen LogP contribution in [0.1, 0.15) is 27.7 Å². The van der Waals surface area contributed by atoms with E-state index in [2.05, 4.69) is 76.2 Å². The van der Waals surface area contributed by atoms with E-state index in [-0.39, 0.29) is 0 Å². The van der Waals surface area contributed by atoms with E-state index < -0.39 is 25.5 Å². The summed E-state index contributed by atoms with van der Waals surface area (Å²) in [5.41, 5.74) is 2.30. The Bertz CT molecular complexity index is 1640. The SMILES string of the molecule is CC1(C)OB(c2ccc(-c3cccc(P(=O)(c4ccccc4)c4ccccc4)c3)c3ccccc23)OC1(C)C. The molecule has 6 rings (SSSR count). The molecule has 0 aliphatic carbocycles. The molecule has 0 unspecified atom stereocenters. The lowest BCUT2D eigenvalue weighted by molar-refractivity contribution is 0.00578. The molecule has 39 heavy (non-hydrogen) atoms. The topological polar surface area (TPSA) is 35.5 Å². The van der Waals surface area contributed by atoms with Gasteiger partial charge < -0.3 is 13.9 Å². The van der Waals surface area contributed by atoms with Gasteiger partial charge in [0.05, 0.1) is 11.2 Å². The molecule has 5 aromatic carbocycles. The highest BCUT2D eigenvalue weighted by molar-refractivity contribution is 7.85. The Kier molecular flexibility index (Phi) is 6.39. The fourth-order valence-corrected chi connectivity index (χ4v) is 8.04. The molecule has 1 fully saturated rings. The second-order valence-corrected chi connectivity index (χ2v) is 13.9. The summed E-state index contributed by atoms with van der Waals surface area (Å²) in [6, 6.07) is 40.4. The molecule has 5 heteroatoms. The minimum atomic E-state index is -3.08. The Morgan fingerprint density at radius 3 is 1.67 bits per heavy atom. The molecule has 3 nitrogen and oxygen atoms in total. The van der Waals surface area contributed by atoms with Crippen molar-refractivity contribution in [1.82, 2.24) is 0 Å². The molecule has 0 saturated carbocycles. The van der Waals surface area contributed by atoms with Crippen molar-refractivity contribution in [2.24, 2.45) is 0 Å². The lowest BCUT2D eigenvalue weighted by Gasteiger charge is -2.32. The third-order valence-electron chi connectivity index (χ3n) is 8.23. The van der Waals surface area contributed by atoms with Crippen molar-refractivity contribution in [3.05, 3.63) is 121 Å². The predicted molar refractivity (Wildman–Crippen MR) is 164 cm³/mol. The minimum absolute atomic E-state index is 0.415. The number of benzene rings is 5. The third-order valence-corrected chi connectivity index (χ3v) is 11.3. The van der Waals surface area contributed by atoms with Crippen LogP contribution >= 0.6 is 7.14 Å². The zero-order valence-electron chi connectivity index (χ0n) is 22.8. The average Bonchev–Trinajstić information content (AvgIpc) is 3.19. The van der Waals surface area contributed by atoms with Gasteiger partial charge in [0.25, 0.3) is 0 Å². The summed E-state index contributed by atoms with van der Waals surface area (Å²) in [5, 5.41) is 4.67. The van der Waals surface area contributed by atoms with Crippen LogP contribution in [0.3, 0.4) is 0 Å². The highest BCUT2D eigenvalue weighted by Crippen LogP contribution is 2.43. The molecule has 1 saturated heterocycles. The van der Waals surface area contributed by atoms with Gasteiger partial charge in [0.2, 0.25) is 0 Å². The number of hydrogen-bond acceptors (Lipinski definition) is 3. The number of fused-ring (bicyclic) bond motifs is 1. The zero-order valence-corrected chi connectivity index (χ0v) is 23.7. The largest absolute Gasteiger partial charge is 0.495 e. The van der Waals surface area contributed by atoms with Gasteiger partial charge >= 0.3 is 7.12 Å². The smallest absolute Gasteiger partial charge is 0.399 e. The molecule has 0 N–H and O–H groups in total. The van der Waals surface area contributed by atoms with E-state index in [0.717, 1.165) is 43.3 Å². The molecule has 0 aromatic heterocycles. The van der Waals surface area contributed by atoms with E-state index >= 15 is 0 Å². The lowest BCUT2D eigenvalue weighted by Crippen LogP contribution is -2.41. The Morgan fingerprint density at radius 1 is 0.564 bits per heavy atom. The summed E-state index contributed by atoms with van der Waals surface area (Å²) >= 11 is 0. The van der Waals surface area contributed by atoms with Crippen LogP contribution in [-0.2, 0) is 13.9 Å². The fourth-order valence-electron chi connectivity index (χ4n) is 5.34. The molecule has 1 aliphatic rings. The van der Waals surface area contributed by atoms with Crippen LogP contribution in [0.5, 0.6) is 0 Å². The first kappa shape index (κ1) is 25.8. The monoisotopic (exact) mass is 530 g/mol. The van der Waals surface area contributed by atoms with Gasteiger partial charge in [0.1, 0.15) is 0 Å². The van der Waals surface area contributed by atoms with E-state index in [0.29, 0.717) is 0 Å². The van der Waals surface area contributed by atoms with Crippen LogP contribution in [-0.4, -0.2) is 18.3 Å². The molecule has 1 heterocycles. The number of hydrogen-bond donors (Lipinski definition) is 0. The first-order valence-corrected chi connectivity index (χ1v) is 15.1. The maximum absolute atomic E-state index is 15.0. The van der Waals surface area contributed by atoms with E-state index in [9.17, 15) is 4.57 Å². The quantitative estimate of drug-likeness (QED) is 0.194. The van der Waals surface area contributed by atoms with Crippen LogP contribution < -0.4 is 21.4 Å². The average molecular weight is 530 g/mol. The van der Waals surface area contributed by atoms with Gasteiger partial charge in [0.15, 0.2) is 7.14 Å². The van der Waals surface area contributed by atoms with Crippen LogP contribution in [0.25, 0.3) is 21.9 Å². The van der Waals surface area contributed by atoms with E-state index in [1.807, 2.05) is 72.8 Å². The summed E-state index contributed by atoms with van der Waals surface area (Å²) in [6.07, 6.45) is 0. The van der Waals surface area contributed by atoms with Crippen molar-refractivity contribution in [2.75, 3.05) is 0 Å². The lowest BCUT2D eigenvalue weighted by atomic mass is 9.75. The van der Waals surface area contributed by atoms with Gasteiger partial charge in [0, 0.05) is 15.9 Å². The van der Waals surface area contributed by atoms with E-state index in [1.54, 1.807) is 0 Å². The normalized spacial score (nSPS) is 16.5. The Morgan fingerprint density at radius 2 is 1.08 bits per heavy atom. The molecule has 0 radical (unpaired) electrons. The van der Waals surface area contributed by atoms with Crippen molar-refractivity contribution in [1.29, 1.82) is 0 Å². The summed E-state index contributed by atoms with van der Waals surface area (Å²) in [6.45, 7) is 8.30. The first-order chi connectivity index (χ1) is 18.7. The molecule has 0 bridgehead atoms. The van der Waals surface area contributed by atoms with Gasteiger partial charge in [-0.1, -0.05) is 115 Å². The van der Waals surface area contributed by atoms with E-state index in [4.69, 9.17) is 9.31 Å². The molecule has 0 atom stereocenters. The van der Waals surface area contributed by atoms with Gasteiger partial charge in [-0.25, -0.2) is 0 Å². The standard InChI is InChI=1S/C34H32BO3P/c1-33(2)34(3,4)38-35(37-33)32-23-22-29(30-20-11-12-21-31(30)32)25-14-13-19-28(24-25)39(36,26-15-7-5-8-16-26)27-17-9-6-10-18-27/h5-24H,1-4H3. The zero-order chi connectivity index (χ0) is 27.3. The van der Waals surface area contributed by atoms with Gasteiger partial charge in [-0.15, -0.1) is 0 Å². The molecule has 5 aromatic rings. The molecule has 0 amide bonds. The predicted octanol–water partition coefficient (Wildman–Crippen LogP) is 6.45. The van der Waals surface area contributed by atoms with Gasteiger partial charge in [-0.2, -0.15) is 0 Å². The summed E-state index contributed by atoms with van der Waals surface area (Å²) in [7, 11) is -3.53. The van der Waals surface area contributed by atoms with Crippen molar-refractivity contribution in [3.63, 3.8) is 0 Å².